The maximum atomic E-state index is 10.3. The summed E-state index contributed by atoms with van der Waals surface area (Å²) >= 11 is 0. The molecule has 2 rings (SSSR count). The van der Waals surface area contributed by atoms with Crippen molar-refractivity contribution >= 4 is 5.69 Å². The zero-order valence-electron chi connectivity index (χ0n) is 14.3. The van der Waals surface area contributed by atoms with Crippen LogP contribution in [0.15, 0.2) is 23.8 Å². The molecule has 0 amide bonds. The molecule has 1 aromatic carbocycles. The topological polar surface area (TPSA) is 71.0 Å². The SMILES string of the molecule is Cc1ccc2c(c1C)C(C)C(C)C(C=C(C#N)C#N)N2C(C)O. The van der Waals surface area contributed by atoms with E-state index in [1.165, 1.54) is 16.7 Å². The van der Waals surface area contributed by atoms with E-state index in [4.69, 9.17) is 10.5 Å². The normalized spacial score (nSPS) is 24.2. The van der Waals surface area contributed by atoms with E-state index in [9.17, 15) is 5.11 Å². The summed E-state index contributed by atoms with van der Waals surface area (Å²) in [6, 6.07) is 7.77. The van der Waals surface area contributed by atoms with Crippen molar-refractivity contribution in [1.29, 1.82) is 10.5 Å². The van der Waals surface area contributed by atoms with Gasteiger partial charge < -0.3 is 10.0 Å². The average molecular weight is 309 g/mol. The molecule has 0 aromatic heterocycles. The Morgan fingerprint density at radius 1 is 1.26 bits per heavy atom. The predicted molar refractivity (Wildman–Crippen MR) is 90.8 cm³/mol. The van der Waals surface area contributed by atoms with Gasteiger partial charge in [0.1, 0.15) is 23.9 Å². The first-order chi connectivity index (χ1) is 10.8. The molecule has 4 heteroatoms. The molecular formula is C19H23N3O. The van der Waals surface area contributed by atoms with Crippen LogP contribution >= 0.6 is 0 Å². The number of anilines is 1. The van der Waals surface area contributed by atoms with Gasteiger partial charge in [0, 0.05) is 5.69 Å². The van der Waals surface area contributed by atoms with Crippen molar-refractivity contribution in [2.24, 2.45) is 5.92 Å². The van der Waals surface area contributed by atoms with Gasteiger partial charge in [-0.1, -0.05) is 19.9 Å². The first-order valence-electron chi connectivity index (χ1n) is 7.92. The van der Waals surface area contributed by atoms with Gasteiger partial charge in [0.2, 0.25) is 0 Å². The summed E-state index contributed by atoms with van der Waals surface area (Å²) in [5.41, 5.74) is 4.81. The molecular weight excluding hydrogens is 286 g/mol. The molecule has 0 bridgehead atoms. The highest BCUT2D eigenvalue weighted by atomic mass is 16.3. The summed E-state index contributed by atoms with van der Waals surface area (Å²) in [7, 11) is 0. The third-order valence-electron chi connectivity index (χ3n) is 5.13. The second-order valence-electron chi connectivity index (χ2n) is 6.42. The monoisotopic (exact) mass is 309 g/mol. The molecule has 4 nitrogen and oxygen atoms in total. The van der Waals surface area contributed by atoms with E-state index >= 15 is 0 Å². The fourth-order valence-corrected chi connectivity index (χ4v) is 3.55. The maximum Gasteiger partial charge on any atom is 0.127 e. The van der Waals surface area contributed by atoms with Crippen molar-refractivity contribution in [3.8, 4) is 12.1 Å². The molecule has 4 atom stereocenters. The van der Waals surface area contributed by atoms with E-state index in [1.54, 1.807) is 13.0 Å². The Kier molecular flexibility index (Phi) is 4.78. The Balaban J connectivity index is 2.69. The fraction of sp³-hybridized carbons (Fsp3) is 0.474. The summed E-state index contributed by atoms with van der Waals surface area (Å²) in [6.45, 7) is 10.2. The van der Waals surface area contributed by atoms with Crippen LogP contribution in [0.4, 0.5) is 5.69 Å². The van der Waals surface area contributed by atoms with Crippen molar-refractivity contribution in [1.82, 2.24) is 0 Å². The number of nitriles is 2. The van der Waals surface area contributed by atoms with Gasteiger partial charge in [-0.2, -0.15) is 10.5 Å². The molecule has 0 saturated carbocycles. The number of hydrogen-bond donors (Lipinski definition) is 1. The standard InChI is InChI=1S/C19H23N3O/c1-11-6-7-17-19(12(11)2)14(4)13(3)18(22(17)15(5)23)8-16(9-20)10-21/h6-8,13-15,18,23H,1-5H3. The van der Waals surface area contributed by atoms with Crippen LogP contribution in [-0.2, 0) is 0 Å². The fourth-order valence-electron chi connectivity index (χ4n) is 3.55. The van der Waals surface area contributed by atoms with Gasteiger partial charge in [0.25, 0.3) is 0 Å². The third-order valence-corrected chi connectivity index (χ3v) is 5.13. The lowest BCUT2D eigenvalue weighted by Crippen LogP contribution is -2.49. The van der Waals surface area contributed by atoms with Crippen LogP contribution in [0.3, 0.4) is 0 Å². The van der Waals surface area contributed by atoms with Gasteiger partial charge in [-0.25, -0.2) is 0 Å². The smallest absolute Gasteiger partial charge is 0.127 e. The van der Waals surface area contributed by atoms with Crippen LogP contribution < -0.4 is 4.90 Å². The van der Waals surface area contributed by atoms with Crippen LogP contribution in [0.5, 0.6) is 0 Å². The summed E-state index contributed by atoms with van der Waals surface area (Å²) < 4.78 is 0. The first kappa shape index (κ1) is 17.1. The number of aryl methyl sites for hydroxylation is 1. The molecule has 4 unspecified atom stereocenters. The van der Waals surface area contributed by atoms with E-state index in [1.807, 2.05) is 23.1 Å². The molecule has 1 N–H and O–H groups in total. The van der Waals surface area contributed by atoms with E-state index in [0.717, 1.165) is 5.69 Å². The molecule has 1 aliphatic heterocycles. The number of allylic oxidation sites excluding steroid dienone is 1. The van der Waals surface area contributed by atoms with Crippen molar-refractivity contribution in [2.75, 3.05) is 4.90 Å². The molecule has 23 heavy (non-hydrogen) atoms. The Morgan fingerprint density at radius 3 is 2.39 bits per heavy atom. The highest BCUT2D eigenvalue weighted by Crippen LogP contribution is 2.45. The Morgan fingerprint density at radius 2 is 1.87 bits per heavy atom. The zero-order chi connectivity index (χ0) is 17.3. The number of aliphatic hydroxyl groups is 1. The van der Waals surface area contributed by atoms with E-state index in [2.05, 4.69) is 33.8 Å². The molecule has 0 spiro atoms. The minimum atomic E-state index is -0.703. The lowest BCUT2D eigenvalue weighted by Gasteiger charge is -2.46. The Bertz CT molecular complexity index is 705. The number of fused-ring (bicyclic) bond motifs is 1. The molecule has 1 heterocycles. The zero-order valence-corrected chi connectivity index (χ0v) is 14.3. The maximum absolute atomic E-state index is 10.3. The molecule has 0 saturated heterocycles. The van der Waals surface area contributed by atoms with Gasteiger partial charge in [-0.3, -0.25) is 0 Å². The third kappa shape index (κ3) is 2.83. The Hall–Kier alpha value is -2.30. The van der Waals surface area contributed by atoms with Gasteiger partial charge in [0.05, 0.1) is 6.04 Å². The number of hydrogen-bond acceptors (Lipinski definition) is 4. The van der Waals surface area contributed by atoms with Crippen molar-refractivity contribution in [3.05, 3.63) is 40.5 Å². The van der Waals surface area contributed by atoms with Crippen molar-refractivity contribution in [2.45, 2.75) is 52.8 Å². The quantitative estimate of drug-likeness (QED) is 0.848. The molecule has 1 aromatic rings. The van der Waals surface area contributed by atoms with Crippen LogP contribution in [0, 0.1) is 42.4 Å². The first-order valence-corrected chi connectivity index (χ1v) is 7.92. The van der Waals surface area contributed by atoms with E-state index in [0.29, 0.717) is 0 Å². The highest BCUT2D eigenvalue weighted by Gasteiger charge is 2.38. The number of nitrogens with zero attached hydrogens (tertiary/aromatic N) is 3. The summed E-state index contributed by atoms with van der Waals surface area (Å²) in [5.74, 6) is 0.453. The van der Waals surface area contributed by atoms with Gasteiger partial charge in [0.15, 0.2) is 0 Å². The minimum Gasteiger partial charge on any atom is -0.374 e. The van der Waals surface area contributed by atoms with E-state index in [-0.39, 0.29) is 23.5 Å². The van der Waals surface area contributed by atoms with Crippen LogP contribution in [0.1, 0.15) is 43.4 Å². The molecule has 0 fully saturated rings. The largest absolute Gasteiger partial charge is 0.374 e. The summed E-state index contributed by atoms with van der Waals surface area (Å²) in [5, 5.41) is 28.5. The minimum absolute atomic E-state index is 0.0898. The van der Waals surface area contributed by atoms with Crippen molar-refractivity contribution in [3.63, 3.8) is 0 Å². The van der Waals surface area contributed by atoms with E-state index < -0.39 is 6.23 Å². The van der Waals surface area contributed by atoms with Crippen molar-refractivity contribution < 1.29 is 5.11 Å². The molecule has 0 aliphatic carbocycles. The molecule has 120 valence electrons. The highest BCUT2D eigenvalue weighted by molar-refractivity contribution is 5.64. The number of aliphatic hydroxyl groups excluding tert-OH is 1. The predicted octanol–water partition coefficient (Wildman–Crippen LogP) is 3.54. The van der Waals surface area contributed by atoms with Crippen LogP contribution in [-0.4, -0.2) is 17.4 Å². The van der Waals surface area contributed by atoms with Gasteiger partial charge in [-0.05, 0) is 61.4 Å². The second-order valence-corrected chi connectivity index (χ2v) is 6.42. The Labute approximate surface area is 138 Å². The summed E-state index contributed by atoms with van der Waals surface area (Å²) in [6.07, 6.45) is 0.983. The molecule has 0 radical (unpaired) electrons. The van der Waals surface area contributed by atoms with Gasteiger partial charge >= 0.3 is 0 Å². The lowest BCUT2D eigenvalue weighted by molar-refractivity contribution is 0.166. The number of rotatable bonds is 2. The van der Waals surface area contributed by atoms with Crippen LogP contribution in [0.25, 0.3) is 0 Å². The average Bonchev–Trinajstić information content (AvgIpc) is 2.52. The van der Waals surface area contributed by atoms with Crippen LogP contribution in [0.2, 0.25) is 0 Å². The number of benzene rings is 1. The molecule has 1 aliphatic rings. The second kappa shape index (κ2) is 6.44. The van der Waals surface area contributed by atoms with Gasteiger partial charge in [-0.15, -0.1) is 0 Å². The summed E-state index contributed by atoms with van der Waals surface area (Å²) in [4.78, 5) is 1.92. The lowest BCUT2D eigenvalue weighted by atomic mass is 9.75.